The maximum atomic E-state index is 13.4. The van der Waals surface area contributed by atoms with Gasteiger partial charge in [0.05, 0.1) is 13.5 Å². The van der Waals surface area contributed by atoms with Gasteiger partial charge in [-0.15, -0.1) is 0 Å². The highest BCUT2D eigenvalue weighted by atomic mass is 19.1. The molecular formula is C13H17FO3. The van der Waals surface area contributed by atoms with Crippen molar-refractivity contribution in [2.75, 3.05) is 7.11 Å². The molecule has 0 aliphatic rings. The number of aliphatic carboxylic acids is 1. The van der Waals surface area contributed by atoms with Crippen LogP contribution in [0.15, 0.2) is 18.2 Å². The van der Waals surface area contributed by atoms with E-state index in [4.69, 9.17) is 9.84 Å². The molecule has 0 saturated carbocycles. The lowest BCUT2D eigenvalue weighted by Gasteiger charge is -2.22. The Morgan fingerprint density at radius 1 is 1.47 bits per heavy atom. The molecule has 17 heavy (non-hydrogen) atoms. The molecule has 0 heterocycles. The van der Waals surface area contributed by atoms with E-state index < -0.39 is 17.2 Å². The second kappa shape index (κ2) is 5.17. The molecule has 0 spiro atoms. The molecule has 1 rings (SSSR count). The van der Waals surface area contributed by atoms with Gasteiger partial charge < -0.3 is 9.84 Å². The Morgan fingerprint density at radius 2 is 2.12 bits per heavy atom. The SMILES string of the molecule is COc1ccc(CC(C)(C)CC(=O)O)cc1F. The first kappa shape index (κ1) is 13.5. The van der Waals surface area contributed by atoms with Gasteiger partial charge in [-0.05, 0) is 29.5 Å². The Labute approximate surface area is 100 Å². The van der Waals surface area contributed by atoms with E-state index >= 15 is 0 Å². The molecule has 0 amide bonds. The van der Waals surface area contributed by atoms with Gasteiger partial charge in [0.1, 0.15) is 0 Å². The third kappa shape index (κ3) is 4.06. The third-order valence-electron chi connectivity index (χ3n) is 2.53. The van der Waals surface area contributed by atoms with Crippen molar-refractivity contribution < 1.29 is 19.0 Å². The number of carboxylic acids is 1. The molecule has 0 aliphatic carbocycles. The zero-order valence-corrected chi connectivity index (χ0v) is 10.3. The Balaban J connectivity index is 2.81. The highest BCUT2D eigenvalue weighted by Gasteiger charge is 2.22. The van der Waals surface area contributed by atoms with Gasteiger partial charge in [0, 0.05) is 0 Å². The van der Waals surface area contributed by atoms with Gasteiger partial charge in [-0.2, -0.15) is 0 Å². The minimum atomic E-state index is -0.844. The van der Waals surface area contributed by atoms with Gasteiger partial charge in [-0.25, -0.2) is 4.39 Å². The van der Waals surface area contributed by atoms with Crippen LogP contribution in [0, 0.1) is 11.2 Å². The summed E-state index contributed by atoms with van der Waals surface area (Å²) in [5.74, 6) is -1.06. The van der Waals surface area contributed by atoms with E-state index in [1.807, 2.05) is 13.8 Å². The normalized spacial score (nSPS) is 11.3. The minimum absolute atomic E-state index is 0.0562. The molecular weight excluding hydrogens is 223 g/mol. The van der Waals surface area contributed by atoms with Crippen LogP contribution in [0.25, 0.3) is 0 Å². The fourth-order valence-corrected chi connectivity index (χ4v) is 1.84. The summed E-state index contributed by atoms with van der Waals surface area (Å²) in [6.45, 7) is 3.70. The Bertz CT molecular complexity index is 413. The summed E-state index contributed by atoms with van der Waals surface area (Å²) in [6, 6.07) is 4.70. The maximum absolute atomic E-state index is 13.4. The highest BCUT2D eigenvalue weighted by Crippen LogP contribution is 2.28. The van der Waals surface area contributed by atoms with Gasteiger partial charge in [-0.3, -0.25) is 4.79 Å². The predicted octanol–water partition coefficient (Wildman–Crippen LogP) is 2.88. The standard InChI is InChI=1S/C13H17FO3/c1-13(2,8-12(15)16)7-9-4-5-11(17-3)10(14)6-9/h4-6H,7-8H2,1-3H3,(H,15,16). The van der Waals surface area contributed by atoms with E-state index in [9.17, 15) is 9.18 Å². The van der Waals surface area contributed by atoms with E-state index in [0.29, 0.717) is 6.42 Å². The van der Waals surface area contributed by atoms with Crippen molar-refractivity contribution in [3.8, 4) is 5.75 Å². The first-order chi connectivity index (χ1) is 7.84. The number of ether oxygens (including phenoxy) is 1. The van der Waals surface area contributed by atoms with Gasteiger partial charge in [0.2, 0.25) is 0 Å². The van der Waals surface area contributed by atoms with Crippen LogP contribution >= 0.6 is 0 Å². The minimum Gasteiger partial charge on any atom is -0.494 e. The zero-order valence-electron chi connectivity index (χ0n) is 10.3. The van der Waals surface area contributed by atoms with E-state index in [-0.39, 0.29) is 12.2 Å². The Morgan fingerprint density at radius 3 is 2.59 bits per heavy atom. The molecule has 0 bridgehead atoms. The topological polar surface area (TPSA) is 46.5 Å². The summed E-state index contributed by atoms with van der Waals surface area (Å²) in [6.07, 6.45) is 0.570. The number of hydrogen-bond acceptors (Lipinski definition) is 2. The molecule has 3 nitrogen and oxygen atoms in total. The van der Waals surface area contributed by atoms with Crippen LogP contribution in [0.3, 0.4) is 0 Å². The second-order valence-corrected chi connectivity index (χ2v) is 4.88. The lowest BCUT2D eigenvalue weighted by atomic mass is 9.83. The average Bonchev–Trinajstić information content (AvgIpc) is 2.14. The fraction of sp³-hybridized carbons (Fsp3) is 0.462. The maximum Gasteiger partial charge on any atom is 0.303 e. The van der Waals surface area contributed by atoms with Crippen molar-refractivity contribution in [3.63, 3.8) is 0 Å². The van der Waals surface area contributed by atoms with Crippen LogP contribution < -0.4 is 4.74 Å². The third-order valence-corrected chi connectivity index (χ3v) is 2.53. The molecule has 0 aromatic heterocycles. The molecule has 0 atom stereocenters. The van der Waals surface area contributed by atoms with Crippen LogP contribution in [0.1, 0.15) is 25.8 Å². The summed E-state index contributed by atoms with van der Waals surface area (Å²) in [5.41, 5.74) is 0.377. The molecule has 0 aliphatic heterocycles. The van der Waals surface area contributed by atoms with E-state index in [2.05, 4.69) is 0 Å². The number of benzene rings is 1. The quantitative estimate of drug-likeness (QED) is 0.860. The predicted molar refractivity (Wildman–Crippen MR) is 62.7 cm³/mol. The van der Waals surface area contributed by atoms with Crippen molar-refractivity contribution in [3.05, 3.63) is 29.6 Å². The van der Waals surface area contributed by atoms with E-state index in [0.717, 1.165) is 5.56 Å². The monoisotopic (exact) mass is 240 g/mol. The first-order valence-electron chi connectivity index (χ1n) is 5.38. The average molecular weight is 240 g/mol. The molecule has 0 saturated heterocycles. The Hall–Kier alpha value is -1.58. The summed E-state index contributed by atoms with van der Waals surface area (Å²) in [4.78, 5) is 10.7. The molecule has 94 valence electrons. The molecule has 1 aromatic carbocycles. The van der Waals surface area contributed by atoms with Gasteiger partial charge >= 0.3 is 5.97 Å². The van der Waals surface area contributed by atoms with Crippen LogP contribution in [0.4, 0.5) is 4.39 Å². The number of methoxy groups -OCH3 is 1. The largest absolute Gasteiger partial charge is 0.494 e. The van der Waals surface area contributed by atoms with Crippen LogP contribution in [0.2, 0.25) is 0 Å². The number of carbonyl (C=O) groups is 1. The second-order valence-electron chi connectivity index (χ2n) is 4.88. The van der Waals surface area contributed by atoms with Gasteiger partial charge in [0.15, 0.2) is 11.6 Å². The molecule has 0 radical (unpaired) electrons. The van der Waals surface area contributed by atoms with E-state index in [1.54, 1.807) is 12.1 Å². The van der Waals surface area contributed by atoms with Gasteiger partial charge in [-0.1, -0.05) is 19.9 Å². The van der Waals surface area contributed by atoms with E-state index in [1.165, 1.54) is 13.2 Å². The van der Waals surface area contributed by atoms with Crippen LogP contribution in [-0.4, -0.2) is 18.2 Å². The van der Waals surface area contributed by atoms with Gasteiger partial charge in [0.25, 0.3) is 0 Å². The Kier molecular flexibility index (Phi) is 4.10. The molecule has 1 aromatic rings. The number of rotatable bonds is 5. The van der Waals surface area contributed by atoms with Crippen LogP contribution in [0.5, 0.6) is 5.75 Å². The molecule has 0 unspecified atom stereocenters. The summed E-state index contributed by atoms with van der Waals surface area (Å²) in [5, 5.41) is 8.77. The number of hydrogen-bond donors (Lipinski definition) is 1. The van der Waals surface area contributed by atoms with Crippen molar-refractivity contribution >= 4 is 5.97 Å². The van der Waals surface area contributed by atoms with Crippen molar-refractivity contribution in [2.45, 2.75) is 26.7 Å². The lowest BCUT2D eigenvalue weighted by molar-refractivity contribution is -0.139. The lowest BCUT2D eigenvalue weighted by Crippen LogP contribution is -2.19. The number of carboxylic acid groups (broad SMARTS) is 1. The summed E-state index contributed by atoms with van der Waals surface area (Å²) < 4.78 is 18.3. The summed E-state index contributed by atoms with van der Waals surface area (Å²) in [7, 11) is 1.41. The molecule has 1 N–H and O–H groups in total. The smallest absolute Gasteiger partial charge is 0.303 e. The van der Waals surface area contributed by atoms with Crippen molar-refractivity contribution in [2.24, 2.45) is 5.41 Å². The summed E-state index contributed by atoms with van der Waals surface area (Å²) >= 11 is 0. The van der Waals surface area contributed by atoms with Crippen molar-refractivity contribution in [1.29, 1.82) is 0 Å². The molecule has 0 fully saturated rings. The zero-order chi connectivity index (χ0) is 13.1. The van der Waals surface area contributed by atoms with Crippen LogP contribution in [-0.2, 0) is 11.2 Å². The number of halogens is 1. The molecule has 4 heteroatoms. The fourth-order valence-electron chi connectivity index (χ4n) is 1.84. The van der Waals surface area contributed by atoms with Crippen molar-refractivity contribution in [1.82, 2.24) is 0 Å². The first-order valence-corrected chi connectivity index (χ1v) is 5.38. The highest BCUT2D eigenvalue weighted by molar-refractivity contribution is 5.67.